The number of benzene rings is 2. The number of ether oxygens (including phenoxy) is 1. The molecular weight excluding hydrogens is 677 g/mol. The van der Waals surface area contributed by atoms with Crippen molar-refractivity contribution in [1.82, 2.24) is 40.3 Å². The van der Waals surface area contributed by atoms with Crippen LogP contribution in [0.25, 0.3) is 5.82 Å². The number of carbonyl (C=O) groups excluding carboxylic acids is 2. The van der Waals surface area contributed by atoms with E-state index in [0.717, 1.165) is 28.9 Å². The first kappa shape index (κ1) is 34.0. The Bertz CT molecular complexity index is 1970. The minimum absolute atomic E-state index is 0.0109. The summed E-state index contributed by atoms with van der Waals surface area (Å²) in [5, 5.41) is 16.6. The number of hydrogen-bond donors (Lipinski definition) is 1. The summed E-state index contributed by atoms with van der Waals surface area (Å²) < 4.78 is 95.7. The van der Waals surface area contributed by atoms with E-state index in [0.29, 0.717) is 10.4 Å². The van der Waals surface area contributed by atoms with Gasteiger partial charge in [-0.2, -0.15) is 23.1 Å². The van der Waals surface area contributed by atoms with Gasteiger partial charge in [0.15, 0.2) is 11.6 Å². The molecular formula is C29H20ClF7N8O3. The van der Waals surface area contributed by atoms with Crippen molar-refractivity contribution in [1.29, 1.82) is 0 Å². The number of rotatable bonds is 10. The summed E-state index contributed by atoms with van der Waals surface area (Å²) in [5.41, 5.74) is 0.505. The van der Waals surface area contributed by atoms with E-state index in [-0.39, 0.29) is 45.5 Å². The van der Waals surface area contributed by atoms with Gasteiger partial charge in [0.1, 0.15) is 23.8 Å². The zero-order valence-corrected chi connectivity index (χ0v) is 25.0. The third kappa shape index (κ3) is 8.11. The maximum atomic E-state index is 14.5. The molecule has 0 radical (unpaired) electrons. The highest BCUT2D eigenvalue weighted by molar-refractivity contribution is 6.32. The Balaban J connectivity index is 1.41. The lowest BCUT2D eigenvalue weighted by atomic mass is 9.95. The van der Waals surface area contributed by atoms with Gasteiger partial charge in [-0.15, -0.1) is 23.4 Å². The van der Waals surface area contributed by atoms with Crippen LogP contribution in [0.4, 0.5) is 30.7 Å². The third-order valence-electron chi connectivity index (χ3n) is 6.62. The van der Waals surface area contributed by atoms with Crippen LogP contribution in [-0.2, 0) is 25.7 Å². The lowest BCUT2D eigenvalue weighted by Gasteiger charge is -2.14. The minimum Gasteiger partial charge on any atom is -0.406 e. The topological polar surface area (TPSA) is 130 Å². The molecule has 5 aromatic rings. The number of nitrogens with one attached hydrogen (secondary N) is 1. The molecule has 1 N–H and O–H groups in total. The quantitative estimate of drug-likeness (QED) is 0.146. The number of halogens is 8. The Morgan fingerprint density at radius 3 is 2.38 bits per heavy atom. The van der Waals surface area contributed by atoms with Crippen LogP contribution in [0.2, 0.25) is 5.02 Å². The van der Waals surface area contributed by atoms with Crippen LogP contribution in [0.15, 0.2) is 60.8 Å². The lowest BCUT2D eigenvalue weighted by molar-refractivity contribution is -0.274. The van der Waals surface area contributed by atoms with Gasteiger partial charge in [-0.1, -0.05) is 23.7 Å². The average molecular weight is 697 g/mol. The first-order valence-corrected chi connectivity index (χ1v) is 13.9. The molecule has 0 saturated carbocycles. The van der Waals surface area contributed by atoms with Crippen molar-refractivity contribution < 1.29 is 45.1 Å². The number of aromatic nitrogens is 7. The molecule has 0 unspecified atom stereocenters. The first-order chi connectivity index (χ1) is 22.6. The summed E-state index contributed by atoms with van der Waals surface area (Å²) in [4.78, 5) is 31.8. The SMILES string of the molecule is Cc1cc(F)cc(C(=O)NCc2ccc(OC(F)(F)F)cc2)c1CC(=O)c1cc(Cn2nnc(C(F)(F)F)n2)nn1-c1ncccc1Cl. The van der Waals surface area contributed by atoms with Gasteiger partial charge in [0.2, 0.25) is 0 Å². The monoisotopic (exact) mass is 696 g/mol. The fourth-order valence-electron chi connectivity index (χ4n) is 4.52. The summed E-state index contributed by atoms with van der Waals surface area (Å²) in [6.45, 7) is 0.900. The number of tetrazole rings is 1. The van der Waals surface area contributed by atoms with Crippen LogP contribution in [-0.4, -0.2) is 53.0 Å². The maximum Gasteiger partial charge on any atom is 0.573 e. The maximum absolute atomic E-state index is 14.5. The highest BCUT2D eigenvalue weighted by Crippen LogP contribution is 2.27. The predicted octanol–water partition coefficient (Wildman–Crippen LogP) is 5.68. The zero-order chi connectivity index (χ0) is 34.8. The van der Waals surface area contributed by atoms with Gasteiger partial charge in [0.05, 0.1) is 10.7 Å². The molecule has 3 aromatic heterocycles. The fourth-order valence-corrected chi connectivity index (χ4v) is 4.72. The number of aryl methyl sites for hydroxylation is 1. The van der Waals surface area contributed by atoms with Crippen molar-refractivity contribution in [2.24, 2.45) is 0 Å². The highest BCUT2D eigenvalue weighted by atomic mass is 35.5. The molecule has 1 amide bonds. The van der Waals surface area contributed by atoms with Crippen LogP contribution in [0.5, 0.6) is 5.75 Å². The molecule has 0 aliphatic carbocycles. The molecule has 5 rings (SSSR count). The van der Waals surface area contributed by atoms with Crippen LogP contribution in [0, 0.1) is 12.7 Å². The Kier molecular flexibility index (Phi) is 9.47. The zero-order valence-electron chi connectivity index (χ0n) is 24.3. The Hall–Kier alpha value is -5.39. The van der Waals surface area contributed by atoms with Crippen LogP contribution >= 0.6 is 11.6 Å². The standard InChI is InChI=1S/C29H20ClF7N8O3/c1-15-9-17(31)10-21(26(47)39-13-16-4-6-19(7-5-16)48-29(35,36)37)20(15)12-24(46)23-11-18(14-44-42-27(40-43-44)28(32,33)34)41-45(23)25-22(30)3-2-8-38-25/h2-11H,12-14H2,1H3,(H,39,47). The van der Waals surface area contributed by atoms with E-state index < -0.39 is 54.6 Å². The second-order valence-corrected chi connectivity index (χ2v) is 10.5. The van der Waals surface area contributed by atoms with Gasteiger partial charge in [-0.25, -0.2) is 14.1 Å². The molecule has 0 aliphatic heterocycles. The average Bonchev–Trinajstić information content (AvgIpc) is 3.65. The largest absolute Gasteiger partial charge is 0.573 e. The Morgan fingerprint density at radius 1 is 1.00 bits per heavy atom. The number of Topliss-reactive ketones (excluding diaryl/α,β-unsaturated/α-hetero) is 1. The van der Waals surface area contributed by atoms with E-state index >= 15 is 0 Å². The van der Waals surface area contributed by atoms with E-state index in [1.165, 1.54) is 43.5 Å². The van der Waals surface area contributed by atoms with E-state index in [9.17, 15) is 40.3 Å². The highest BCUT2D eigenvalue weighted by Gasteiger charge is 2.37. The fraction of sp³-hybridized carbons (Fsp3) is 0.207. The third-order valence-corrected chi connectivity index (χ3v) is 6.92. The molecule has 3 heterocycles. The molecule has 48 heavy (non-hydrogen) atoms. The van der Waals surface area contributed by atoms with Gasteiger partial charge in [-0.05, 0) is 71.3 Å². The smallest absolute Gasteiger partial charge is 0.406 e. The van der Waals surface area contributed by atoms with Gasteiger partial charge >= 0.3 is 12.5 Å². The molecule has 0 bridgehead atoms. The van der Waals surface area contributed by atoms with Crippen LogP contribution in [0.3, 0.4) is 0 Å². The van der Waals surface area contributed by atoms with Crippen LogP contribution < -0.4 is 10.1 Å². The number of ketones is 1. The number of carbonyl (C=O) groups is 2. The molecule has 2 aromatic carbocycles. The molecule has 19 heteroatoms. The second kappa shape index (κ2) is 13.4. The molecule has 0 spiro atoms. The summed E-state index contributed by atoms with van der Waals surface area (Å²) >= 11 is 6.30. The van der Waals surface area contributed by atoms with Crippen LogP contribution in [0.1, 0.15) is 49.1 Å². The number of amides is 1. The molecule has 11 nitrogen and oxygen atoms in total. The Morgan fingerprint density at radius 2 is 1.73 bits per heavy atom. The molecule has 0 atom stereocenters. The van der Waals surface area contributed by atoms with Gasteiger partial charge in [0.25, 0.3) is 11.7 Å². The van der Waals surface area contributed by atoms with Crippen molar-refractivity contribution >= 4 is 23.3 Å². The van der Waals surface area contributed by atoms with Crippen molar-refractivity contribution in [3.63, 3.8) is 0 Å². The molecule has 0 saturated heterocycles. The van der Waals surface area contributed by atoms with E-state index in [4.69, 9.17) is 11.6 Å². The van der Waals surface area contributed by atoms with E-state index in [1.807, 2.05) is 0 Å². The predicted molar refractivity (Wildman–Crippen MR) is 152 cm³/mol. The summed E-state index contributed by atoms with van der Waals surface area (Å²) in [5.74, 6) is -4.13. The number of nitrogens with zero attached hydrogens (tertiary/aromatic N) is 7. The van der Waals surface area contributed by atoms with Crippen molar-refractivity contribution in [3.05, 3.63) is 111 Å². The molecule has 0 aliphatic rings. The minimum atomic E-state index is -4.88. The van der Waals surface area contributed by atoms with Gasteiger partial charge < -0.3 is 10.1 Å². The first-order valence-electron chi connectivity index (χ1n) is 13.6. The summed E-state index contributed by atoms with van der Waals surface area (Å²) in [6, 6.07) is 11.0. The molecule has 250 valence electrons. The van der Waals surface area contributed by atoms with Gasteiger partial charge in [-0.3, -0.25) is 9.59 Å². The van der Waals surface area contributed by atoms with E-state index in [1.54, 1.807) is 0 Å². The number of pyridine rings is 1. The second-order valence-electron chi connectivity index (χ2n) is 10.1. The summed E-state index contributed by atoms with van der Waals surface area (Å²) in [7, 11) is 0. The van der Waals surface area contributed by atoms with E-state index in [2.05, 4.69) is 35.5 Å². The Labute approximate surface area is 270 Å². The molecule has 0 fully saturated rings. The number of hydrogen-bond acceptors (Lipinski definition) is 8. The van der Waals surface area contributed by atoms with Crippen molar-refractivity contribution in [2.45, 2.75) is 39.0 Å². The van der Waals surface area contributed by atoms with Crippen molar-refractivity contribution in [3.8, 4) is 11.6 Å². The normalized spacial score (nSPS) is 11.9. The van der Waals surface area contributed by atoms with Crippen molar-refractivity contribution in [2.75, 3.05) is 0 Å². The lowest BCUT2D eigenvalue weighted by Crippen LogP contribution is -2.25. The van der Waals surface area contributed by atoms with Gasteiger partial charge in [0, 0.05) is 24.7 Å². The number of alkyl halides is 6. The summed E-state index contributed by atoms with van der Waals surface area (Å²) in [6.07, 6.45) is -8.81.